The standard InChI is InChI=1S/C46H55N5O16/c1-21(2)15-32(54)50-27(8-6-14-48-44(47)61)43(60)49-24-12-10-23(11-13-24)20-65-45(62)51-28-16-33(66-22(3)38(28)55)67-30-18-46(63,31(53)19-52)17-26-35(30)42(59)37-36(40(26)57)39(56)25-7-5-9-29(64-4)34(25)41(37)58/h5,7,9-13,21-22,27-28,30,33,38,52,55,57,59,63H,6,8,14-20H2,1-4H3,(H,49,60)(H,50,54)(H,51,62)(H3,47,48,61)/t22-,27-,28-,30-,33?,38+,46-/m0/s1. The van der Waals surface area contributed by atoms with Gasteiger partial charge in [0.25, 0.3) is 0 Å². The minimum atomic E-state index is -2.39. The van der Waals surface area contributed by atoms with Gasteiger partial charge >= 0.3 is 12.1 Å². The van der Waals surface area contributed by atoms with E-state index >= 15 is 0 Å². The third-order valence-corrected chi connectivity index (χ3v) is 11.9. The van der Waals surface area contributed by atoms with Crippen LogP contribution in [0.25, 0.3) is 0 Å². The van der Waals surface area contributed by atoms with E-state index in [4.69, 9.17) is 24.7 Å². The lowest BCUT2D eigenvalue weighted by molar-refractivity contribution is -0.249. The fraction of sp³-hybridized carbons (Fsp3) is 0.457. The molecule has 7 atom stereocenters. The summed E-state index contributed by atoms with van der Waals surface area (Å²) < 4.78 is 22.9. The number of Topliss-reactive ketones (excluding diaryl/α,β-unsaturated/α-hetero) is 1. The van der Waals surface area contributed by atoms with Crippen molar-refractivity contribution in [1.29, 1.82) is 0 Å². The lowest BCUT2D eigenvalue weighted by Crippen LogP contribution is -2.56. The highest BCUT2D eigenvalue weighted by Gasteiger charge is 2.50. The van der Waals surface area contributed by atoms with Crippen molar-refractivity contribution in [3.8, 4) is 17.2 Å². The van der Waals surface area contributed by atoms with E-state index < -0.39 is 120 Å². The minimum absolute atomic E-state index is 0.0355. The molecule has 0 aromatic heterocycles. The van der Waals surface area contributed by atoms with Gasteiger partial charge in [0.2, 0.25) is 17.6 Å². The number of nitrogens with two attached hydrogens (primary N) is 1. The highest BCUT2D eigenvalue weighted by molar-refractivity contribution is 6.31. The van der Waals surface area contributed by atoms with Gasteiger partial charge in [0.15, 0.2) is 17.9 Å². The van der Waals surface area contributed by atoms with Crippen LogP contribution >= 0.6 is 0 Å². The number of methoxy groups -OCH3 is 1. The Morgan fingerprint density at radius 2 is 1.69 bits per heavy atom. The predicted octanol–water partition coefficient (Wildman–Crippen LogP) is 1.89. The molecule has 0 spiro atoms. The molecule has 1 saturated heterocycles. The molecule has 67 heavy (non-hydrogen) atoms. The second-order valence-electron chi connectivity index (χ2n) is 17.2. The molecule has 3 aliphatic rings. The quantitative estimate of drug-likeness (QED) is 0.0534. The molecular formula is C46H55N5O16. The van der Waals surface area contributed by atoms with Crippen molar-refractivity contribution < 1.29 is 78.0 Å². The van der Waals surface area contributed by atoms with Crippen LogP contribution in [0.5, 0.6) is 17.2 Å². The van der Waals surface area contributed by atoms with Crippen molar-refractivity contribution in [2.24, 2.45) is 11.7 Å². The molecule has 5 amide bonds. The number of alkyl carbamates (subject to hydrolysis) is 1. The molecule has 21 heteroatoms. The van der Waals surface area contributed by atoms with Gasteiger partial charge in [-0.25, -0.2) is 9.59 Å². The van der Waals surface area contributed by atoms with Crippen LogP contribution in [0.3, 0.4) is 0 Å². The van der Waals surface area contributed by atoms with E-state index in [0.717, 1.165) is 0 Å². The first-order valence-electron chi connectivity index (χ1n) is 21.6. The zero-order valence-corrected chi connectivity index (χ0v) is 37.3. The van der Waals surface area contributed by atoms with E-state index in [0.29, 0.717) is 17.7 Å². The van der Waals surface area contributed by atoms with Gasteiger partial charge in [0.05, 0.1) is 42.0 Å². The van der Waals surface area contributed by atoms with Crippen LogP contribution in [0.15, 0.2) is 42.5 Å². The monoisotopic (exact) mass is 933 g/mol. The normalized spacial score (nSPS) is 22.4. The van der Waals surface area contributed by atoms with E-state index in [1.165, 1.54) is 32.2 Å². The SMILES string of the molecule is COc1cccc2c1C(=O)c1c(O)c3c(c(O)c1C2=O)C[C@@](O)(C(=O)CO)C[C@@H]3OC1C[C@H](NC(=O)OCc2ccc(NC(=O)[C@H](CCCNC(N)=O)NC(=O)CC(C)C)cc2)[C@H](O)[C@H](C)O1. The van der Waals surface area contributed by atoms with Gasteiger partial charge in [0, 0.05) is 54.6 Å². The van der Waals surface area contributed by atoms with Crippen LogP contribution in [0.1, 0.15) is 108 Å². The number of anilines is 1. The van der Waals surface area contributed by atoms with Gasteiger partial charge in [-0.2, -0.15) is 0 Å². The second-order valence-corrected chi connectivity index (χ2v) is 17.2. The van der Waals surface area contributed by atoms with E-state index in [1.54, 1.807) is 24.3 Å². The summed E-state index contributed by atoms with van der Waals surface area (Å²) in [5, 5.41) is 66.4. The molecule has 360 valence electrons. The first kappa shape index (κ1) is 49.8. The summed E-state index contributed by atoms with van der Waals surface area (Å²) in [6.45, 7) is 4.08. The molecule has 2 aliphatic carbocycles. The van der Waals surface area contributed by atoms with E-state index in [1.807, 2.05) is 13.8 Å². The Labute approximate surface area is 384 Å². The Morgan fingerprint density at radius 3 is 2.34 bits per heavy atom. The van der Waals surface area contributed by atoms with Crippen molar-refractivity contribution >= 4 is 47.0 Å². The number of aliphatic hydroxyl groups excluding tert-OH is 2. The molecule has 21 nitrogen and oxygen atoms in total. The van der Waals surface area contributed by atoms with Gasteiger partial charge < -0.3 is 71.5 Å². The third kappa shape index (κ3) is 11.0. The maximum Gasteiger partial charge on any atom is 0.407 e. The molecule has 0 bridgehead atoms. The summed E-state index contributed by atoms with van der Waals surface area (Å²) >= 11 is 0. The number of benzene rings is 3. The molecule has 1 unspecified atom stereocenters. The number of aromatic hydroxyl groups is 2. The second kappa shape index (κ2) is 20.9. The molecule has 3 aromatic rings. The number of nitrogens with one attached hydrogen (secondary N) is 4. The molecular weight excluding hydrogens is 879 g/mol. The number of amides is 5. The van der Waals surface area contributed by atoms with Gasteiger partial charge in [-0.3, -0.25) is 24.0 Å². The third-order valence-electron chi connectivity index (χ3n) is 11.9. The van der Waals surface area contributed by atoms with Crippen molar-refractivity contribution in [2.45, 2.75) is 108 Å². The van der Waals surface area contributed by atoms with E-state index in [-0.39, 0.29) is 72.2 Å². The topological polar surface area (TPSA) is 332 Å². The number of fused-ring (bicyclic) bond motifs is 3. The Balaban J connectivity index is 1.13. The number of ether oxygens (including phenoxy) is 4. The molecule has 0 radical (unpaired) electrons. The maximum atomic E-state index is 14.0. The average molecular weight is 934 g/mol. The number of rotatable bonds is 17. The Kier molecular flexibility index (Phi) is 15.5. The Morgan fingerprint density at radius 1 is 0.985 bits per heavy atom. The summed E-state index contributed by atoms with van der Waals surface area (Å²) in [4.78, 5) is 90.6. The van der Waals surface area contributed by atoms with Crippen molar-refractivity contribution in [3.63, 3.8) is 0 Å². The predicted molar refractivity (Wildman–Crippen MR) is 234 cm³/mol. The molecule has 1 fully saturated rings. The first-order chi connectivity index (χ1) is 31.8. The number of phenols is 2. The lowest BCUT2D eigenvalue weighted by atomic mass is 9.72. The summed E-state index contributed by atoms with van der Waals surface area (Å²) in [5.74, 6) is -4.99. The van der Waals surface area contributed by atoms with Gasteiger partial charge in [0.1, 0.15) is 48.2 Å². The van der Waals surface area contributed by atoms with Crippen molar-refractivity contribution in [2.75, 3.05) is 25.6 Å². The van der Waals surface area contributed by atoms with Crippen molar-refractivity contribution in [1.82, 2.24) is 16.0 Å². The van der Waals surface area contributed by atoms with Crippen LogP contribution in [0.2, 0.25) is 0 Å². The zero-order valence-electron chi connectivity index (χ0n) is 37.3. The zero-order chi connectivity index (χ0) is 48.9. The van der Waals surface area contributed by atoms with E-state index in [9.17, 15) is 59.1 Å². The number of carbonyl (C=O) groups is 7. The smallest absolute Gasteiger partial charge is 0.407 e. The summed E-state index contributed by atoms with van der Waals surface area (Å²) in [6, 6.07) is 7.90. The summed E-state index contributed by atoms with van der Waals surface area (Å²) in [5.41, 5.74) is 1.72. The highest BCUT2D eigenvalue weighted by atomic mass is 16.7. The molecule has 1 heterocycles. The molecule has 11 N–H and O–H groups in total. The van der Waals surface area contributed by atoms with Gasteiger partial charge in [-0.05, 0) is 49.4 Å². The van der Waals surface area contributed by atoms with Gasteiger partial charge in [-0.15, -0.1) is 0 Å². The fourth-order valence-corrected chi connectivity index (χ4v) is 8.52. The molecule has 6 rings (SSSR count). The molecule has 1 aliphatic heterocycles. The first-order valence-corrected chi connectivity index (χ1v) is 21.6. The van der Waals surface area contributed by atoms with Crippen LogP contribution in [0, 0.1) is 5.92 Å². The van der Waals surface area contributed by atoms with Crippen molar-refractivity contribution in [3.05, 3.63) is 81.4 Å². The lowest BCUT2D eigenvalue weighted by Gasteiger charge is -2.42. The number of hydrogen-bond donors (Lipinski definition) is 10. The van der Waals surface area contributed by atoms with Gasteiger partial charge in [-0.1, -0.05) is 38.1 Å². The van der Waals surface area contributed by atoms with Crippen LogP contribution in [0.4, 0.5) is 15.3 Å². The fourth-order valence-electron chi connectivity index (χ4n) is 8.52. The molecule has 3 aromatic carbocycles. The van der Waals surface area contributed by atoms with Crippen LogP contribution < -0.4 is 31.7 Å². The van der Waals surface area contributed by atoms with Crippen LogP contribution in [-0.4, -0.2) is 123 Å². The number of hydrogen-bond acceptors (Lipinski definition) is 16. The maximum absolute atomic E-state index is 14.0. The largest absolute Gasteiger partial charge is 0.507 e. The van der Waals surface area contributed by atoms with E-state index in [2.05, 4.69) is 21.3 Å². The number of carbonyl (C=O) groups excluding carboxylic acids is 7. The summed E-state index contributed by atoms with van der Waals surface area (Å²) in [6.07, 6.45) is -6.86. The number of ketones is 3. The Bertz CT molecular complexity index is 2430. The summed E-state index contributed by atoms with van der Waals surface area (Å²) in [7, 11) is 1.29. The number of phenolic OH excluding ortho intramolecular Hbond substituents is 2. The number of aliphatic hydroxyl groups is 3. The number of primary amides is 1. The number of urea groups is 1. The average Bonchev–Trinajstić information content (AvgIpc) is 3.27. The van der Waals surface area contributed by atoms with Crippen LogP contribution in [-0.2, 0) is 41.6 Å². The Hall–Kier alpha value is -6.65. The minimum Gasteiger partial charge on any atom is -0.507 e. The molecule has 0 saturated carbocycles. The highest BCUT2D eigenvalue weighted by Crippen LogP contribution is 2.52.